The number of aryl methyl sites for hydroxylation is 2. The number of rotatable bonds is 2. The topological polar surface area (TPSA) is 101 Å². The maximum atomic E-state index is 10.0. The molecule has 0 saturated carbocycles. The van der Waals surface area contributed by atoms with E-state index in [0.29, 0.717) is 5.52 Å². The maximum Gasteiger partial charge on any atom is 0.181 e. The molecule has 0 aliphatic carbocycles. The summed E-state index contributed by atoms with van der Waals surface area (Å²) in [6.45, 7) is 3.60. The molecule has 1 saturated heterocycles. The van der Waals surface area contributed by atoms with Gasteiger partial charge in [-0.25, -0.2) is 4.68 Å². The van der Waals surface area contributed by atoms with E-state index in [1.807, 2.05) is 26.0 Å². The highest BCUT2D eigenvalue weighted by Crippen LogP contribution is 2.31. The third kappa shape index (κ3) is 1.90. The molecule has 7 nitrogen and oxygen atoms in total. The fraction of sp³-hybridized carbons (Fsp3) is 0.538. The van der Waals surface area contributed by atoms with Gasteiger partial charge in [0.2, 0.25) is 0 Å². The Labute approximate surface area is 115 Å². The summed E-state index contributed by atoms with van der Waals surface area (Å²) >= 11 is 0. The Morgan fingerprint density at radius 1 is 1.20 bits per heavy atom. The van der Waals surface area contributed by atoms with Crippen LogP contribution < -0.4 is 0 Å². The molecule has 0 amide bonds. The van der Waals surface area contributed by atoms with Crippen LogP contribution in [-0.4, -0.2) is 55.2 Å². The molecule has 1 aliphatic rings. The van der Waals surface area contributed by atoms with Crippen molar-refractivity contribution >= 4 is 11.0 Å². The van der Waals surface area contributed by atoms with Gasteiger partial charge in [-0.1, -0.05) is 5.21 Å². The van der Waals surface area contributed by atoms with Crippen molar-refractivity contribution in [1.29, 1.82) is 0 Å². The molecular weight excluding hydrogens is 262 g/mol. The first-order valence-corrected chi connectivity index (χ1v) is 6.47. The van der Waals surface area contributed by atoms with Gasteiger partial charge in [-0.3, -0.25) is 0 Å². The number of aromatic nitrogens is 3. The van der Waals surface area contributed by atoms with Crippen molar-refractivity contribution in [2.75, 3.05) is 6.61 Å². The van der Waals surface area contributed by atoms with Crippen molar-refractivity contribution < 1.29 is 20.1 Å². The van der Waals surface area contributed by atoms with Gasteiger partial charge in [-0.15, -0.1) is 5.10 Å². The van der Waals surface area contributed by atoms with E-state index in [1.54, 1.807) is 0 Å². The summed E-state index contributed by atoms with van der Waals surface area (Å²) in [5, 5.41) is 37.0. The van der Waals surface area contributed by atoms with E-state index in [-0.39, 0.29) is 6.61 Å². The number of hydrogen-bond acceptors (Lipinski definition) is 6. The fourth-order valence-corrected chi connectivity index (χ4v) is 2.46. The first kappa shape index (κ1) is 13.4. The summed E-state index contributed by atoms with van der Waals surface area (Å²) in [6.07, 6.45) is -3.97. The molecule has 1 aliphatic heterocycles. The lowest BCUT2D eigenvalue weighted by Gasteiger charge is -2.15. The molecule has 0 unspecified atom stereocenters. The van der Waals surface area contributed by atoms with Crippen LogP contribution in [0, 0.1) is 13.8 Å². The molecule has 1 aromatic carbocycles. The summed E-state index contributed by atoms with van der Waals surface area (Å²) < 4.78 is 6.92. The van der Waals surface area contributed by atoms with E-state index in [2.05, 4.69) is 10.3 Å². The Morgan fingerprint density at radius 3 is 2.55 bits per heavy atom. The molecule has 3 rings (SSSR count). The van der Waals surface area contributed by atoms with Crippen molar-refractivity contribution in [3.8, 4) is 0 Å². The molecule has 20 heavy (non-hydrogen) atoms. The van der Waals surface area contributed by atoms with Crippen LogP contribution in [0.1, 0.15) is 17.4 Å². The largest absolute Gasteiger partial charge is 0.394 e. The van der Waals surface area contributed by atoms with Crippen LogP contribution in [0.2, 0.25) is 0 Å². The first-order chi connectivity index (χ1) is 9.52. The van der Waals surface area contributed by atoms with E-state index >= 15 is 0 Å². The van der Waals surface area contributed by atoms with E-state index in [1.165, 1.54) is 4.68 Å². The molecule has 0 spiro atoms. The molecule has 1 fully saturated rings. The normalized spacial score (nSPS) is 30.2. The lowest BCUT2D eigenvalue weighted by Crippen LogP contribution is -2.33. The van der Waals surface area contributed by atoms with Crippen molar-refractivity contribution in [2.45, 2.75) is 38.4 Å². The second-order valence-corrected chi connectivity index (χ2v) is 5.19. The van der Waals surface area contributed by atoms with Crippen LogP contribution in [-0.2, 0) is 4.74 Å². The average molecular weight is 279 g/mol. The van der Waals surface area contributed by atoms with E-state index < -0.39 is 24.5 Å². The number of aliphatic hydroxyl groups is 3. The van der Waals surface area contributed by atoms with Gasteiger partial charge in [-0.2, -0.15) is 0 Å². The zero-order valence-electron chi connectivity index (χ0n) is 11.3. The second kappa shape index (κ2) is 4.78. The lowest BCUT2D eigenvalue weighted by atomic mass is 10.1. The number of benzene rings is 1. The van der Waals surface area contributed by atoms with Crippen LogP contribution in [0.4, 0.5) is 0 Å². The molecule has 3 N–H and O–H groups in total. The molecular formula is C13H17N3O4. The van der Waals surface area contributed by atoms with Gasteiger partial charge in [0, 0.05) is 0 Å². The highest BCUT2D eigenvalue weighted by Gasteiger charge is 2.44. The van der Waals surface area contributed by atoms with Gasteiger partial charge in [0.1, 0.15) is 23.8 Å². The predicted molar refractivity (Wildman–Crippen MR) is 70.0 cm³/mol. The van der Waals surface area contributed by atoms with E-state index in [9.17, 15) is 10.2 Å². The SMILES string of the molecule is Cc1cc2nnn([C@@H]3O[C@H](CO)[C@@H](O)[C@H]3O)c2cc1C. The Kier molecular flexibility index (Phi) is 3.21. The standard InChI is InChI=1S/C13H17N3O4/c1-6-3-8-9(4-7(6)2)16(15-14-8)13-12(19)11(18)10(5-17)20-13/h3-4,10-13,17-19H,5H2,1-2H3/t10-,11-,12-,13-/m1/s1. The fourth-order valence-electron chi connectivity index (χ4n) is 2.46. The highest BCUT2D eigenvalue weighted by molar-refractivity contribution is 5.76. The molecule has 4 atom stereocenters. The third-order valence-corrected chi connectivity index (χ3v) is 3.84. The quantitative estimate of drug-likeness (QED) is 0.695. The summed E-state index contributed by atoms with van der Waals surface area (Å²) in [5.41, 5.74) is 3.60. The summed E-state index contributed by atoms with van der Waals surface area (Å²) in [7, 11) is 0. The van der Waals surface area contributed by atoms with Crippen LogP contribution in [0.15, 0.2) is 12.1 Å². The van der Waals surface area contributed by atoms with Crippen LogP contribution in [0.3, 0.4) is 0 Å². The van der Waals surface area contributed by atoms with Crippen LogP contribution in [0.5, 0.6) is 0 Å². The summed E-state index contributed by atoms with van der Waals surface area (Å²) in [6, 6.07) is 3.83. The number of hydrogen-bond donors (Lipinski definition) is 3. The predicted octanol–water partition coefficient (Wildman–Crippen LogP) is -0.340. The molecule has 1 aromatic heterocycles. The van der Waals surface area contributed by atoms with Gasteiger partial charge in [-0.05, 0) is 37.1 Å². The van der Waals surface area contributed by atoms with Crippen molar-refractivity contribution in [1.82, 2.24) is 15.0 Å². The molecule has 2 heterocycles. The van der Waals surface area contributed by atoms with Crippen molar-refractivity contribution in [3.05, 3.63) is 23.3 Å². The smallest absolute Gasteiger partial charge is 0.181 e. The van der Waals surface area contributed by atoms with Crippen molar-refractivity contribution in [3.63, 3.8) is 0 Å². The zero-order chi connectivity index (χ0) is 14.4. The average Bonchev–Trinajstić information content (AvgIpc) is 2.94. The number of fused-ring (bicyclic) bond motifs is 1. The zero-order valence-corrected chi connectivity index (χ0v) is 11.3. The Balaban J connectivity index is 2.05. The molecule has 0 bridgehead atoms. The van der Waals surface area contributed by atoms with Gasteiger partial charge in [0.15, 0.2) is 6.23 Å². The number of ether oxygens (including phenoxy) is 1. The van der Waals surface area contributed by atoms with Gasteiger partial charge >= 0.3 is 0 Å². The monoisotopic (exact) mass is 279 g/mol. The minimum absolute atomic E-state index is 0.362. The third-order valence-electron chi connectivity index (χ3n) is 3.84. The summed E-state index contributed by atoms with van der Waals surface area (Å²) in [5.74, 6) is 0. The van der Waals surface area contributed by atoms with Crippen LogP contribution in [0.25, 0.3) is 11.0 Å². The molecule has 2 aromatic rings. The lowest BCUT2D eigenvalue weighted by molar-refractivity contribution is -0.0572. The second-order valence-electron chi connectivity index (χ2n) is 5.19. The van der Waals surface area contributed by atoms with Gasteiger partial charge in [0.25, 0.3) is 0 Å². The van der Waals surface area contributed by atoms with Gasteiger partial charge in [0.05, 0.1) is 12.1 Å². The Bertz CT molecular complexity index is 642. The Morgan fingerprint density at radius 2 is 1.90 bits per heavy atom. The summed E-state index contributed by atoms with van der Waals surface area (Å²) in [4.78, 5) is 0. The van der Waals surface area contributed by atoms with E-state index in [4.69, 9.17) is 9.84 Å². The van der Waals surface area contributed by atoms with E-state index in [0.717, 1.165) is 16.6 Å². The Hall–Kier alpha value is -1.54. The molecule has 7 heteroatoms. The maximum absolute atomic E-state index is 10.0. The van der Waals surface area contributed by atoms with Gasteiger partial charge < -0.3 is 20.1 Å². The first-order valence-electron chi connectivity index (χ1n) is 6.47. The van der Waals surface area contributed by atoms with Crippen molar-refractivity contribution in [2.24, 2.45) is 0 Å². The number of nitrogens with zero attached hydrogens (tertiary/aromatic N) is 3. The number of aliphatic hydroxyl groups excluding tert-OH is 3. The highest BCUT2D eigenvalue weighted by atomic mass is 16.6. The minimum atomic E-state index is -1.15. The molecule has 108 valence electrons. The van der Waals surface area contributed by atoms with Crippen LogP contribution >= 0.6 is 0 Å². The molecule has 0 radical (unpaired) electrons. The minimum Gasteiger partial charge on any atom is -0.394 e.